The molecule has 2 rings (SSSR count). The van der Waals surface area contributed by atoms with Gasteiger partial charge >= 0.3 is 0 Å². The first-order valence-electron chi connectivity index (χ1n) is 4.57. The van der Waals surface area contributed by atoms with E-state index in [1.807, 2.05) is 6.20 Å². The molecule has 1 aliphatic carbocycles. The highest BCUT2D eigenvalue weighted by Crippen LogP contribution is 2.17. The fourth-order valence-electron chi connectivity index (χ4n) is 1.82. The van der Waals surface area contributed by atoms with Gasteiger partial charge in [0.15, 0.2) is 0 Å². The molecule has 0 bridgehead atoms. The van der Waals surface area contributed by atoms with E-state index in [4.69, 9.17) is 0 Å². The number of rotatable bonds is 0. The molecule has 0 radical (unpaired) electrons. The number of H-pyrrole nitrogens is 1. The second kappa shape index (κ2) is 3.13. The summed E-state index contributed by atoms with van der Waals surface area (Å²) in [6.07, 6.45) is 7.88. The first-order valence-corrected chi connectivity index (χ1v) is 4.57. The molecule has 12 heavy (non-hydrogen) atoms. The van der Waals surface area contributed by atoms with Gasteiger partial charge in [0, 0.05) is 12.3 Å². The van der Waals surface area contributed by atoms with E-state index in [1.54, 1.807) is 6.07 Å². The van der Waals surface area contributed by atoms with Crippen LogP contribution in [0, 0.1) is 0 Å². The maximum Gasteiger partial charge on any atom is 0.248 e. The third kappa shape index (κ3) is 1.42. The summed E-state index contributed by atoms with van der Waals surface area (Å²) in [6.45, 7) is 0. The van der Waals surface area contributed by atoms with Gasteiger partial charge in [-0.3, -0.25) is 4.79 Å². The maximum absolute atomic E-state index is 11.0. The summed E-state index contributed by atoms with van der Waals surface area (Å²) >= 11 is 0. The fourth-order valence-corrected chi connectivity index (χ4v) is 1.82. The van der Waals surface area contributed by atoms with E-state index < -0.39 is 0 Å². The summed E-state index contributed by atoms with van der Waals surface area (Å²) < 4.78 is 0. The summed E-state index contributed by atoms with van der Waals surface area (Å²) in [5.74, 6) is 0. The van der Waals surface area contributed by atoms with Gasteiger partial charge < -0.3 is 4.98 Å². The van der Waals surface area contributed by atoms with Crippen LogP contribution >= 0.6 is 0 Å². The van der Waals surface area contributed by atoms with Crippen LogP contribution in [-0.2, 0) is 12.8 Å². The molecule has 64 valence electrons. The van der Waals surface area contributed by atoms with Gasteiger partial charge in [-0.05, 0) is 36.8 Å². The van der Waals surface area contributed by atoms with Gasteiger partial charge in [0.2, 0.25) is 5.56 Å². The van der Waals surface area contributed by atoms with E-state index in [1.165, 1.54) is 30.4 Å². The normalized spacial score (nSPS) is 16.7. The minimum absolute atomic E-state index is 0.0376. The second-order valence-electron chi connectivity index (χ2n) is 3.41. The number of nitrogens with one attached hydrogen (secondary N) is 1. The molecular weight excluding hydrogens is 150 g/mol. The van der Waals surface area contributed by atoms with Crippen molar-refractivity contribution in [3.63, 3.8) is 0 Å². The summed E-state index contributed by atoms with van der Waals surface area (Å²) in [5, 5.41) is 0. The number of hydrogen-bond acceptors (Lipinski definition) is 1. The van der Waals surface area contributed by atoms with Crippen LogP contribution in [0.3, 0.4) is 0 Å². The average molecular weight is 163 g/mol. The van der Waals surface area contributed by atoms with Crippen LogP contribution in [0.1, 0.15) is 30.4 Å². The Morgan fingerprint density at radius 1 is 1.08 bits per heavy atom. The number of hydrogen-bond donors (Lipinski definition) is 1. The van der Waals surface area contributed by atoms with E-state index in [9.17, 15) is 4.79 Å². The molecule has 0 aromatic carbocycles. The summed E-state index contributed by atoms with van der Waals surface area (Å²) in [5.41, 5.74) is 2.64. The molecule has 1 N–H and O–H groups in total. The molecule has 1 aromatic heterocycles. The number of aromatic amines is 1. The van der Waals surface area contributed by atoms with Gasteiger partial charge in [-0.1, -0.05) is 6.42 Å². The molecule has 2 heteroatoms. The first-order chi connectivity index (χ1) is 5.86. The Morgan fingerprint density at radius 2 is 1.83 bits per heavy atom. The zero-order chi connectivity index (χ0) is 8.39. The van der Waals surface area contributed by atoms with Crippen molar-refractivity contribution in [3.05, 3.63) is 33.7 Å². The number of pyridine rings is 1. The smallest absolute Gasteiger partial charge is 0.248 e. The lowest BCUT2D eigenvalue weighted by Gasteiger charge is -2.01. The molecule has 0 fully saturated rings. The molecule has 1 aliphatic rings. The van der Waals surface area contributed by atoms with Gasteiger partial charge in [0.05, 0.1) is 0 Å². The van der Waals surface area contributed by atoms with Crippen molar-refractivity contribution < 1.29 is 0 Å². The Labute approximate surface area is 71.6 Å². The number of aryl methyl sites for hydroxylation is 2. The van der Waals surface area contributed by atoms with Gasteiger partial charge in [-0.25, -0.2) is 0 Å². The van der Waals surface area contributed by atoms with Crippen molar-refractivity contribution in [2.75, 3.05) is 0 Å². The van der Waals surface area contributed by atoms with Crippen molar-refractivity contribution in [1.82, 2.24) is 4.98 Å². The molecule has 0 saturated heterocycles. The van der Waals surface area contributed by atoms with Crippen molar-refractivity contribution in [3.8, 4) is 0 Å². The lowest BCUT2D eigenvalue weighted by Crippen LogP contribution is -2.07. The standard InChI is InChI=1S/C10H13NO/c12-10-6-8-4-2-1-3-5-9(8)7-11-10/h6-7H,1-5H2,(H,11,12). The Bertz CT molecular complexity index is 327. The Morgan fingerprint density at radius 3 is 2.67 bits per heavy atom. The second-order valence-corrected chi connectivity index (χ2v) is 3.41. The van der Waals surface area contributed by atoms with E-state index in [2.05, 4.69) is 4.98 Å². The minimum atomic E-state index is 0.0376. The fraction of sp³-hybridized carbons (Fsp3) is 0.500. The summed E-state index contributed by atoms with van der Waals surface area (Å²) in [6, 6.07) is 1.75. The van der Waals surface area contributed by atoms with E-state index in [-0.39, 0.29) is 5.56 Å². The van der Waals surface area contributed by atoms with Crippen molar-refractivity contribution in [2.24, 2.45) is 0 Å². The number of fused-ring (bicyclic) bond motifs is 1. The van der Waals surface area contributed by atoms with Crippen LogP contribution < -0.4 is 5.56 Å². The highest BCUT2D eigenvalue weighted by atomic mass is 16.1. The minimum Gasteiger partial charge on any atom is -0.329 e. The van der Waals surface area contributed by atoms with Crippen LogP contribution in [0.15, 0.2) is 17.1 Å². The molecule has 1 aromatic rings. The van der Waals surface area contributed by atoms with Crippen LogP contribution in [0.4, 0.5) is 0 Å². The largest absolute Gasteiger partial charge is 0.329 e. The number of aromatic nitrogens is 1. The molecule has 1 heterocycles. The van der Waals surface area contributed by atoms with Crippen LogP contribution in [0.2, 0.25) is 0 Å². The molecular formula is C10H13NO. The monoisotopic (exact) mass is 163 g/mol. The predicted molar refractivity (Wildman–Crippen MR) is 48.3 cm³/mol. The molecule has 0 unspecified atom stereocenters. The molecule has 0 spiro atoms. The average Bonchev–Trinajstić information content (AvgIpc) is 2.28. The quantitative estimate of drug-likeness (QED) is 0.579. The van der Waals surface area contributed by atoms with E-state index in [0.717, 1.165) is 12.8 Å². The van der Waals surface area contributed by atoms with Crippen molar-refractivity contribution in [1.29, 1.82) is 0 Å². The molecule has 0 atom stereocenters. The van der Waals surface area contributed by atoms with E-state index >= 15 is 0 Å². The lowest BCUT2D eigenvalue weighted by atomic mass is 10.1. The van der Waals surface area contributed by atoms with Gasteiger partial charge in [-0.15, -0.1) is 0 Å². The predicted octanol–water partition coefficient (Wildman–Crippen LogP) is 1.64. The zero-order valence-electron chi connectivity index (χ0n) is 7.10. The third-order valence-electron chi connectivity index (χ3n) is 2.50. The van der Waals surface area contributed by atoms with E-state index in [0.29, 0.717) is 0 Å². The van der Waals surface area contributed by atoms with Gasteiger partial charge in [0.1, 0.15) is 0 Å². The van der Waals surface area contributed by atoms with Gasteiger partial charge in [-0.2, -0.15) is 0 Å². The Hall–Kier alpha value is -1.05. The van der Waals surface area contributed by atoms with Crippen molar-refractivity contribution >= 4 is 0 Å². The van der Waals surface area contributed by atoms with Gasteiger partial charge in [0.25, 0.3) is 0 Å². The summed E-state index contributed by atoms with van der Waals surface area (Å²) in [4.78, 5) is 13.7. The first kappa shape index (κ1) is 7.59. The molecule has 0 aliphatic heterocycles. The zero-order valence-corrected chi connectivity index (χ0v) is 7.10. The topological polar surface area (TPSA) is 32.9 Å². The molecule has 2 nitrogen and oxygen atoms in total. The SMILES string of the molecule is O=c1cc2c(c[nH]1)CCCCC2. The molecule has 0 amide bonds. The lowest BCUT2D eigenvalue weighted by molar-refractivity contribution is 0.711. The van der Waals surface area contributed by atoms with Crippen LogP contribution in [0.25, 0.3) is 0 Å². The highest BCUT2D eigenvalue weighted by Gasteiger charge is 2.07. The van der Waals surface area contributed by atoms with Crippen LogP contribution in [0.5, 0.6) is 0 Å². The highest BCUT2D eigenvalue weighted by molar-refractivity contribution is 5.24. The molecule has 0 saturated carbocycles. The summed E-state index contributed by atoms with van der Waals surface area (Å²) in [7, 11) is 0. The van der Waals surface area contributed by atoms with Crippen LogP contribution in [-0.4, -0.2) is 4.98 Å². The maximum atomic E-state index is 11.0. The third-order valence-corrected chi connectivity index (χ3v) is 2.50. The van der Waals surface area contributed by atoms with Crippen molar-refractivity contribution in [2.45, 2.75) is 32.1 Å². The Kier molecular flexibility index (Phi) is 1.98. The Balaban J connectivity index is 2.43.